The Morgan fingerprint density at radius 3 is 2.76 bits per heavy atom. The van der Waals surface area contributed by atoms with Crippen LogP contribution in [0.5, 0.6) is 5.75 Å². The topological polar surface area (TPSA) is 35.5 Å². The third kappa shape index (κ3) is 4.22. The largest absolute Gasteiger partial charge is 0.487 e. The molecule has 1 aromatic rings. The summed E-state index contributed by atoms with van der Waals surface area (Å²) in [5.41, 5.74) is 0.434. The second kappa shape index (κ2) is 6.89. The van der Waals surface area contributed by atoms with Crippen molar-refractivity contribution in [3.05, 3.63) is 23.8 Å². The van der Waals surface area contributed by atoms with Gasteiger partial charge in [0.2, 0.25) is 0 Å². The molecule has 0 fully saturated rings. The zero-order chi connectivity index (χ0) is 12.8. The Bertz CT molecular complexity index is 395. The highest BCUT2D eigenvalue weighted by Gasteiger charge is 2.11. The van der Waals surface area contributed by atoms with Crippen LogP contribution in [0.15, 0.2) is 23.1 Å². The lowest BCUT2D eigenvalue weighted by atomic mass is 10.2. The van der Waals surface area contributed by atoms with Gasteiger partial charge in [0.25, 0.3) is 5.24 Å². The Kier molecular flexibility index (Phi) is 5.82. The molecule has 1 rings (SSSR count). The summed E-state index contributed by atoms with van der Waals surface area (Å²) in [4.78, 5) is 12.1. The summed E-state index contributed by atoms with van der Waals surface area (Å²) in [7, 11) is 1.62. The highest BCUT2D eigenvalue weighted by Crippen LogP contribution is 2.30. The van der Waals surface area contributed by atoms with E-state index in [0.29, 0.717) is 17.9 Å². The number of carbonyl (C=O) groups excluding carboxylic acids is 1. The molecule has 0 aliphatic rings. The third-order valence-corrected chi connectivity index (χ3v) is 3.12. The van der Waals surface area contributed by atoms with E-state index >= 15 is 0 Å². The molecule has 0 amide bonds. The number of ether oxygens (including phenoxy) is 2. The molecule has 0 saturated carbocycles. The maximum absolute atomic E-state index is 11.1. The van der Waals surface area contributed by atoms with Gasteiger partial charge in [-0.15, -0.1) is 11.8 Å². The molecule has 0 N–H and O–H groups in total. The first-order valence-electron chi connectivity index (χ1n) is 5.12. The van der Waals surface area contributed by atoms with Gasteiger partial charge in [0.05, 0.1) is 6.61 Å². The van der Waals surface area contributed by atoms with Crippen molar-refractivity contribution in [1.82, 2.24) is 0 Å². The summed E-state index contributed by atoms with van der Waals surface area (Å²) in [6, 6.07) is 5.18. The van der Waals surface area contributed by atoms with Crippen LogP contribution < -0.4 is 4.74 Å². The van der Waals surface area contributed by atoms with Crippen LogP contribution in [0.3, 0.4) is 0 Å². The SMILES string of the molecule is COCC(C)Oc1cc(C(=O)Cl)ccc1SC. The first-order valence-corrected chi connectivity index (χ1v) is 6.72. The van der Waals surface area contributed by atoms with Gasteiger partial charge in [-0.1, -0.05) is 0 Å². The Morgan fingerprint density at radius 1 is 1.53 bits per heavy atom. The summed E-state index contributed by atoms with van der Waals surface area (Å²) in [6.45, 7) is 2.40. The second-order valence-corrected chi connectivity index (χ2v) is 4.71. The molecular formula is C12H15ClO3S. The van der Waals surface area contributed by atoms with Gasteiger partial charge in [-0.25, -0.2) is 0 Å². The van der Waals surface area contributed by atoms with Gasteiger partial charge >= 0.3 is 0 Å². The summed E-state index contributed by atoms with van der Waals surface area (Å²) in [5, 5.41) is -0.484. The van der Waals surface area contributed by atoms with Crippen LogP contribution in [-0.4, -0.2) is 31.3 Å². The molecule has 94 valence electrons. The first-order chi connectivity index (χ1) is 8.08. The number of rotatable bonds is 6. The lowest BCUT2D eigenvalue weighted by Gasteiger charge is -2.16. The number of hydrogen-bond acceptors (Lipinski definition) is 4. The number of benzene rings is 1. The van der Waals surface area contributed by atoms with Crippen LogP contribution in [0.1, 0.15) is 17.3 Å². The Hall–Kier alpha value is -0.710. The second-order valence-electron chi connectivity index (χ2n) is 3.52. The van der Waals surface area contributed by atoms with Crippen molar-refractivity contribution in [3.8, 4) is 5.75 Å². The van der Waals surface area contributed by atoms with E-state index in [9.17, 15) is 4.79 Å². The molecule has 0 aromatic heterocycles. The lowest BCUT2D eigenvalue weighted by molar-refractivity contribution is 0.0900. The maximum Gasteiger partial charge on any atom is 0.252 e. The molecule has 1 unspecified atom stereocenters. The van der Waals surface area contributed by atoms with Crippen molar-refractivity contribution in [2.45, 2.75) is 17.9 Å². The number of hydrogen-bond donors (Lipinski definition) is 0. The zero-order valence-corrected chi connectivity index (χ0v) is 11.6. The summed E-state index contributed by atoms with van der Waals surface area (Å²) in [6.07, 6.45) is 1.87. The van der Waals surface area contributed by atoms with E-state index in [-0.39, 0.29) is 6.10 Å². The van der Waals surface area contributed by atoms with E-state index in [1.807, 2.05) is 19.2 Å². The third-order valence-electron chi connectivity index (χ3n) is 2.12. The highest BCUT2D eigenvalue weighted by molar-refractivity contribution is 7.98. The monoisotopic (exact) mass is 274 g/mol. The molecule has 1 atom stereocenters. The van der Waals surface area contributed by atoms with Crippen molar-refractivity contribution in [1.29, 1.82) is 0 Å². The zero-order valence-electron chi connectivity index (χ0n) is 10.0. The van der Waals surface area contributed by atoms with Crippen LogP contribution in [0.25, 0.3) is 0 Å². The fraction of sp³-hybridized carbons (Fsp3) is 0.417. The minimum Gasteiger partial charge on any atom is -0.487 e. The van der Waals surface area contributed by atoms with Gasteiger partial charge in [0, 0.05) is 17.6 Å². The number of carbonyl (C=O) groups is 1. The maximum atomic E-state index is 11.1. The van der Waals surface area contributed by atoms with Crippen molar-refractivity contribution < 1.29 is 14.3 Å². The van der Waals surface area contributed by atoms with E-state index in [1.165, 1.54) is 0 Å². The van der Waals surface area contributed by atoms with E-state index in [1.54, 1.807) is 31.0 Å². The standard InChI is InChI=1S/C12H15ClO3S/c1-8(7-15-2)16-10-6-9(12(13)14)4-5-11(10)17-3/h4-6,8H,7H2,1-3H3. The van der Waals surface area contributed by atoms with Crippen LogP contribution in [-0.2, 0) is 4.74 Å². The van der Waals surface area contributed by atoms with Crippen molar-refractivity contribution in [2.75, 3.05) is 20.0 Å². The average molecular weight is 275 g/mol. The predicted molar refractivity (Wildman–Crippen MR) is 70.4 cm³/mol. The molecular weight excluding hydrogens is 260 g/mol. The van der Waals surface area contributed by atoms with Crippen molar-refractivity contribution in [3.63, 3.8) is 0 Å². The first kappa shape index (κ1) is 14.4. The lowest BCUT2D eigenvalue weighted by Crippen LogP contribution is -2.18. The van der Waals surface area contributed by atoms with Gasteiger partial charge in [-0.3, -0.25) is 4.79 Å². The van der Waals surface area contributed by atoms with Crippen LogP contribution in [0.4, 0.5) is 0 Å². The molecule has 0 aliphatic heterocycles. The van der Waals surface area contributed by atoms with Crippen LogP contribution in [0.2, 0.25) is 0 Å². The molecule has 0 bridgehead atoms. The average Bonchev–Trinajstić information content (AvgIpc) is 2.29. The van der Waals surface area contributed by atoms with E-state index < -0.39 is 5.24 Å². The Balaban J connectivity index is 2.93. The van der Waals surface area contributed by atoms with Gasteiger partial charge < -0.3 is 9.47 Å². The van der Waals surface area contributed by atoms with E-state index in [4.69, 9.17) is 21.1 Å². The minimum absolute atomic E-state index is 0.0772. The van der Waals surface area contributed by atoms with Crippen molar-refractivity contribution >= 4 is 28.6 Å². The Labute approximate surface area is 110 Å². The molecule has 0 spiro atoms. The molecule has 1 aromatic carbocycles. The number of thioether (sulfide) groups is 1. The van der Waals surface area contributed by atoms with Gasteiger partial charge in [-0.2, -0.15) is 0 Å². The van der Waals surface area contributed by atoms with Crippen LogP contribution in [0, 0.1) is 0 Å². The summed E-state index contributed by atoms with van der Waals surface area (Å²) < 4.78 is 10.7. The smallest absolute Gasteiger partial charge is 0.252 e. The highest BCUT2D eigenvalue weighted by atomic mass is 35.5. The number of methoxy groups -OCH3 is 1. The molecule has 5 heteroatoms. The normalized spacial score (nSPS) is 12.2. The number of halogens is 1. The van der Waals surface area contributed by atoms with Gasteiger partial charge in [0.1, 0.15) is 11.9 Å². The van der Waals surface area contributed by atoms with Crippen molar-refractivity contribution in [2.24, 2.45) is 0 Å². The van der Waals surface area contributed by atoms with Gasteiger partial charge in [0.15, 0.2) is 0 Å². The summed E-state index contributed by atoms with van der Waals surface area (Å²) in [5.74, 6) is 0.661. The summed E-state index contributed by atoms with van der Waals surface area (Å²) >= 11 is 7.00. The van der Waals surface area contributed by atoms with E-state index in [0.717, 1.165) is 4.90 Å². The molecule has 0 radical (unpaired) electrons. The van der Waals surface area contributed by atoms with E-state index in [2.05, 4.69) is 0 Å². The molecule has 0 saturated heterocycles. The van der Waals surface area contributed by atoms with Crippen LogP contribution >= 0.6 is 23.4 Å². The fourth-order valence-corrected chi connectivity index (χ4v) is 2.01. The fourth-order valence-electron chi connectivity index (χ4n) is 1.38. The molecule has 0 heterocycles. The molecule has 3 nitrogen and oxygen atoms in total. The quantitative estimate of drug-likeness (QED) is 0.589. The Morgan fingerprint density at radius 2 is 2.24 bits per heavy atom. The molecule has 0 aliphatic carbocycles. The minimum atomic E-state index is -0.484. The molecule has 17 heavy (non-hydrogen) atoms. The van der Waals surface area contributed by atoms with Gasteiger partial charge in [-0.05, 0) is 43.0 Å². The predicted octanol–water partition coefficient (Wildman–Crippen LogP) is 3.20.